The third-order valence-electron chi connectivity index (χ3n) is 3.42. The number of carbonyl (C=O) groups excluding carboxylic acids is 1. The zero-order chi connectivity index (χ0) is 13.8. The van der Waals surface area contributed by atoms with Crippen LogP contribution in [0.4, 0.5) is 0 Å². The van der Waals surface area contributed by atoms with E-state index < -0.39 is 5.54 Å². The topological polar surface area (TPSA) is 55.1 Å². The molecule has 3 nitrogen and oxygen atoms in total. The van der Waals surface area contributed by atoms with Crippen LogP contribution in [0.25, 0.3) is 0 Å². The zero-order valence-corrected chi connectivity index (χ0v) is 11.9. The molecule has 18 heavy (non-hydrogen) atoms. The number of benzene rings is 1. The van der Waals surface area contributed by atoms with Crippen LogP contribution in [0.15, 0.2) is 24.3 Å². The summed E-state index contributed by atoms with van der Waals surface area (Å²) in [5.41, 5.74) is 6.80. The third kappa shape index (κ3) is 2.88. The minimum absolute atomic E-state index is 0.121. The van der Waals surface area contributed by atoms with Gasteiger partial charge in [0, 0.05) is 5.56 Å². The van der Waals surface area contributed by atoms with Crippen LogP contribution in [0.2, 0.25) is 0 Å². The van der Waals surface area contributed by atoms with E-state index in [4.69, 9.17) is 18.0 Å². The molecule has 0 saturated carbocycles. The number of rotatable bonds is 5. The van der Waals surface area contributed by atoms with Crippen molar-refractivity contribution in [3.8, 4) is 0 Å². The number of carbonyl (C=O) groups is 1. The van der Waals surface area contributed by atoms with Gasteiger partial charge >= 0.3 is 0 Å². The molecule has 1 aromatic carbocycles. The molecule has 0 saturated heterocycles. The first-order valence-electron chi connectivity index (χ1n) is 6.15. The molecule has 0 fully saturated rings. The lowest BCUT2D eigenvalue weighted by Gasteiger charge is -2.31. The van der Waals surface area contributed by atoms with Gasteiger partial charge in [-0.25, -0.2) is 0 Å². The molecule has 98 valence electrons. The van der Waals surface area contributed by atoms with Gasteiger partial charge in [-0.2, -0.15) is 0 Å². The quantitative estimate of drug-likeness (QED) is 0.804. The Kier molecular flexibility index (Phi) is 4.84. The summed E-state index contributed by atoms with van der Waals surface area (Å²) in [7, 11) is 0. The van der Waals surface area contributed by atoms with Gasteiger partial charge in [-0.05, 0) is 31.4 Å². The SMILES string of the molecule is CCC(CC)(NC(=O)c1ccccc1C)C(N)=S. The van der Waals surface area contributed by atoms with Gasteiger partial charge in [0.15, 0.2) is 0 Å². The van der Waals surface area contributed by atoms with Gasteiger partial charge in [0.05, 0.1) is 10.5 Å². The van der Waals surface area contributed by atoms with E-state index in [0.29, 0.717) is 23.4 Å². The van der Waals surface area contributed by atoms with Gasteiger partial charge in [-0.1, -0.05) is 44.3 Å². The van der Waals surface area contributed by atoms with Crippen molar-refractivity contribution in [2.24, 2.45) is 5.73 Å². The molecule has 0 radical (unpaired) electrons. The minimum atomic E-state index is -0.589. The number of hydrogen-bond acceptors (Lipinski definition) is 2. The lowest BCUT2D eigenvalue weighted by Crippen LogP contribution is -2.56. The second kappa shape index (κ2) is 5.96. The Morgan fingerprint density at radius 2 is 1.89 bits per heavy atom. The zero-order valence-electron chi connectivity index (χ0n) is 11.1. The number of thiocarbonyl (C=S) groups is 1. The Balaban J connectivity index is 3.00. The largest absolute Gasteiger partial charge is 0.391 e. The molecular weight excluding hydrogens is 244 g/mol. The van der Waals surface area contributed by atoms with Gasteiger partial charge in [-0.3, -0.25) is 4.79 Å². The monoisotopic (exact) mass is 264 g/mol. The Morgan fingerprint density at radius 3 is 2.33 bits per heavy atom. The highest BCUT2D eigenvalue weighted by Crippen LogP contribution is 2.17. The van der Waals surface area contributed by atoms with E-state index in [1.54, 1.807) is 6.07 Å². The second-order valence-electron chi connectivity index (χ2n) is 4.42. The fourth-order valence-electron chi connectivity index (χ4n) is 1.95. The van der Waals surface area contributed by atoms with E-state index in [-0.39, 0.29) is 5.91 Å². The first-order chi connectivity index (χ1) is 8.46. The number of nitrogens with two attached hydrogens (primary N) is 1. The normalized spacial score (nSPS) is 11.1. The van der Waals surface area contributed by atoms with Gasteiger partial charge in [0.2, 0.25) is 0 Å². The molecule has 3 N–H and O–H groups in total. The van der Waals surface area contributed by atoms with Crippen LogP contribution in [0.5, 0.6) is 0 Å². The molecule has 0 aromatic heterocycles. The summed E-state index contributed by atoms with van der Waals surface area (Å²) in [6, 6.07) is 7.48. The molecule has 1 rings (SSSR count). The summed E-state index contributed by atoms with van der Waals surface area (Å²) in [6.07, 6.45) is 1.38. The molecule has 1 aromatic rings. The van der Waals surface area contributed by atoms with Crippen molar-refractivity contribution in [3.63, 3.8) is 0 Å². The van der Waals surface area contributed by atoms with Gasteiger partial charge in [0.1, 0.15) is 0 Å². The van der Waals surface area contributed by atoms with Crippen LogP contribution in [-0.4, -0.2) is 16.4 Å². The maximum atomic E-state index is 12.3. The van der Waals surface area contributed by atoms with E-state index >= 15 is 0 Å². The molecule has 0 spiro atoms. The molecule has 4 heteroatoms. The van der Waals surface area contributed by atoms with Crippen molar-refractivity contribution in [2.45, 2.75) is 39.2 Å². The molecule has 0 aliphatic rings. The highest BCUT2D eigenvalue weighted by atomic mass is 32.1. The Bertz CT molecular complexity index is 453. The van der Waals surface area contributed by atoms with Crippen LogP contribution < -0.4 is 11.1 Å². The van der Waals surface area contributed by atoms with Gasteiger partial charge in [0.25, 0.3) is 5.91 Å². The lowest BCUT2D eigenvalue weighted by atomic mass is 9.92. The standard InChI is InChI=1S/C14H20N2OS/c1-4-14(5-2,13(15)18)16-12(17)11-9-7-6-8-10(11)3/h6-9H,4-5H2,1-3H3,(H2,15,18)(H,16,17). The third-order valence-corrected chi connectivity index (χ3v) is 3.81. The van der Waals surface area contributed by atoms with E-state index in [1.807, 2.05) is 39.0 Å². The van der Waals surface area contributed by atoms with Crippen LogP contribution in [0.3, 0.4) is 0 Å². The summed E-state index contributed by atoms with van der Waals surface area (Å²) in [6.45, 7) is 5.86. The number of nitrogens with one attached hydrogen (secondary N) is 1. The summed E-state index contributed by atoms with van der Waals surface area (Å²) < 4.78 is 0. The minimum Gasteiger partial charge on any atom is -0.391 e. The predicted molar refractivity (Wildman–Crippen MR) is 78.7 cm³/mol. The molecule has 1 amide bonds. The molecule has 0 unspecified atom stereocenters. The van der Waals surface area contributed by atoms with Crippen LogP contribution in [-0.2, 0) is 0 Å². The first kappa shape index (κ1) is 14.6. The number of hydrogen-bond donors (Lipinski definition) is 2. The molecule has 0 heterocycles. The number of amides is 1. The average molecular weight is 264 g/mol. The van der Waals surface area contributed by atoms with Crippen molar-refractivity contribution in [1.82, 2.24) is 5.32 Å². The van der Waals surface area contributed by atoms with Crippen molar-refractivity contribution in [3.05, 3.63) is 35.4 Å². The molecule has 0 bridgehead atoms. The maximum Gasteiger partial charge on any atom is 0.252 e. The maximum absolute atomic E-state index is 12.3. The fraction of sp³-hybridized carbons (Fsp3) is 0.429. The van der Waals surface area contributed by atoms with Crippen molar-refractivity contribution < 1.29 is 4.79 Å². The van der Waals surface area contributed by atoms with E-state index in [9.17, 15) is 4.79 Å². The molecule has 0 aliphatic heterocycles. The summed E-state index contributed by atoms with van der Waals surface area (Å²) >= 11 is 5.09. The van der Waals surface area contributed by atoms with Crippen molar-refractivity contribution >= 4 is 23.1 Å². The predicted octanol–water partition coefficient (Wildman–Crippen LogP) is 2.57. The van der Waals surface area contributed by atoms with Crippen molar-refractivity contribution in [2.75, 3.05) is 0 Å². The number of aryl methyl sites for hydroxylation is 1. The fourth-order valence-corrected chi connectivity index (χ4v) is 2.29. The molecular formula is C14H20N2OS. The highest BCUT2D eigenvalue weighted by Gasteiger charge is 2.31. The second-order valence-corrected chi connectivity index (χ2v) is 4.86. The summed E-state index contributed by atoms with van der Waals surface area (Å²) in [4.78, 5) is 12.6. The van der Waals surface area contributed by atoms with Crippen molar-refractivity contribution in [1.29, 1.82) is 0 Å². The van der Waals surface area contributed by atoms with Crippen LogP contribution >= 0.6 is 12.2 Å². The Hall–Kier alpha value is -1.42. The Morgan fingerprint density at radius 1 is 1.33 bits per heavy atom. The van der Waals surface area contributed by atoms with Crippen LogP contribution in [0, 0.1) is 6.92 Å². The van der Waals surface area contributed by atoms with E-state index in [1.165, 1.54) is 0 Å². The van der Waals surface area contributed by atoms with Crippen LogP contribution in [0.1, 0.15) is 42.6 Å². The van der Waals surface area contributed by atoms with Gasteiger partial charge < -0.3 is 11.1 Å². The molecule has 0 atom stereocenters. The Labute approximate surface area is 114 Å². The molecule has 0 aliphatic carbocycles. The summed E-state index contributed by atoms with van der Waals surface area (Å²) in [5.74, 6) is -0.121. The summed E-state index contributed by atoms with van der Waals surface area (Å²) in [5, 5.41) is 2.98. The highest BCUT2D eigenvalue weighted by molar-refractivity contribution is 7.80. The van der Waals surface area contributed by atoms with Gasteiger partial charge in [-0.15, -0.1) is 0 Å². The van der Waals surface area contributed by atoms with E-state index in [0.717, 1.165) is 5.56 Å². The van der Waals surface area contributed by atoms with E-state index in [2.05, 4.69) is 5.32 Å². The average Bonchev–Trinajstić information content (AvgIpc) is 2.36. The first-order valence-corrected chi connectivity index (χ1v) is 6.55. The lowest BCUT2D eigenvalue weighted by molar-refractivity contribution is 0.0919. The smallest absolute Gasteiger partial charge is 0.252 e.